The van der Waals surface area contributed by atoms with Crippen LogP contribution in [0.5, 0.6) is 0 Å². The van der Waals surface area contributed by atoms with Gasteiger partial charge >= 0.3 is 12.2 Å². The number of hydrogen-bond acceptors (Lipinski definition) is 4. The summed E-state index contributed by atoms with van der Waals surface area (Å²) in [4.78, 5) is 16.1. The Kier molecular flexibility index (Phi) is 4.63. The maximum Gasteiger partial charge on any atom is 0.405 e. The number of carbonyl (C=O) groups is 1. The molecule has 2 amide bonds. The van der Waals surface area contributed by atoms with Gasteiger partial charge in [0.1, 0.15) is 17.9 Å². The summed E-state index contributed by atoms with van der Waals surface area (Å²) >= 11 is 0. The second-order valence-electron chi connectivity index (χ2n) is 6.15. The predicted octanol–water partition coefficient (Wildman–Crippen LogP) is 3.47. The molecule has 3 N–H and O–H groups in total. The summed E-state index contributed by atoms with van der Waals surface area (Å²) in [6.07, 6.45) is 0.637. The van der Waals surface area contributed by atoms with E-state index in [4.69, 9.17) is 0 Å². The highest BCUT2D eigenvalue weighted by Gasteiger charge is 2.27. The Morgan fingerprint density at radius 2 is 2.00 bits per heavy atom. The third-order valence-corrected chi connectivity index (χ3v) is 4.09. The molecule has 4 aromatic rings. The minimum absolute atomic E-state index is 0.358. The summed E-state index contributed by atoms with van der Waals surface area (Å²) in [5.41, 5.74) is 4.07. The fraction of sp³-hybridized carbons (Fsp3) is 0.111. The summed E-state index contributed by atoms with van der Waals surface area (Å²) in [6.45, 7) is -1.40. The number of nitrogens with zero attached hydrogens (tertiary/aromatic N) is 4. The molecule has 0 atom stereocenters. The van der Waals surface area contributed by atoms with E-state index in [1.165, 1.54) is 0 Å². The number of fused-ring (bicyclic) bond motifs is 1. The summed E-state index contributed by atoms with van der Waals surface area (Å²) in [5.74, 6) is 0. The molecule has 3 aromatic heterocycles. The fourth-order valence-electron chi connectivity index (χ4n) is 2.81. The molecule has 0 aliphatic rings. The number of imidazole rings is 1. The maximum atomic E-state index is 12.2. The van der Waals surface area contributed by atoms with Gasteiger partial charge in [-0.05, 0) is 24.3 Å². The van der Waals surface area contributed by atoms with E-state index in [1.54, 1.807) is 35.9 Å². The van der Waals surface area contributed by atoms with Crippen molar-refractivity contribution in [2.75, 3.05) is 11.9 Å². The van der Waals surface area contributed by atoms with Gasteiger partial charge < -0.3 is 10.6 Å². The number of pyridine rings is 1. The Labute approximate surface area is 161 Å². The molecular weight excluding hydrogens is 387 g/mol. The van der Waals surface area contributed by atoms with Gasteiger partial charge in [-0.1, -0.05) is 12.1 Å². The average Bonchev–Trinajstić information content (AvgIpc) is 3.35. The summed E-state index contributed by atoms with van der Waals surface area (Å²) < 4.78 is 38.5. The molecule has 0 saturated carbocycles. The number of carbonyl (C=O) groups excluding carboxylic acids is 1. The largest absolute Gasteiger partial charge is 0.405 e. The lowest BCUT2D eigenvalue weighted by molar-refractivity contribution is -0.122. The van der Waals surface area contributed by atoms with Gasteiger partial charge in [0.05, 0.1) is 18.1 Å². The van der Waals surface area contributed by atoms with Crippen LogP contribution < -0.4 is 10.6 Å². The van der Waals surface area contributed by atoms with Gasteiger partial charge in [-0.15, -0.1) is 0 Å². The molecule has 29 heavy (non-hydrogen) atoms. The number of aromatic nitrogens is 5. The van der Waals surface area contributed by atoms with Gasteiger partial charge in [-0.3, -0.25) is 4.40 Å². The Morgan fingerprint density at radius 1 is 1.14 bits per heavy atom. The van der Waals surface area contributed by atoms with Crippen molar-refractivity contribution < 1.29 is 18.0 Å². The van der Waals surface area contributed by atoms with Gasteiger partial charge in [-0.25, -0.2) is 9.78 Å². The van der Waals surface area contributed by atoms with Crippen LogP contribution in [0.4, 0.5) is 23.7 Å². The van der Waals surface area contributed by atoms with Crippen molar-refractivity contribution in [2.24, 2.45) is 0 Å². The molecule has 8 nitrogen and oxygen atoms in total. The number of aromatic amines is 1. The lowest BCUT2D eigenvalue weighted by Crippen LogP contribution is -2.36. The molecule has 4 rings (SSSR count). The number of urea groups is 1. The Hall–Kier alpha value is -3.89. The molecule has 0 fully saturated rings. The number of alkyl halides is 3. The summed E-state index contributed by atoms with van der Waals surface area (Å²) in [5, 5.41) is 14.5. The molecule has 0 unspecified atom stereocenters. The van der Waals surface area contributed by atoms with Crippen molar-refractivity contribution >= 4 is 17.4 Å². The first-order valence-corrected chi connectivity index (χ1v) is 8.44. The smallest absolute Gasteiger partial charge is 0.329 e. The van der Waals surface area contributed by atoms with Crippen molar-refractivity contribution in [1.29, 1.82) is 0 Å². The van der Waals surface area contributed by atoms with E-state index < -0.39 is 18.8 Å². The fourth-order valence-corrected chi connectivity index (χ4v) is 2.81. The van der Waals surface area contributed by atoms with Crippen LogP contribution in [0.25, 0.3) is 28.2 Å². The van der Waals surface area contributed by atoms with Crippen LogP contribution in [-0.2, 0) is 0 Å². The molecule has 1 aromatic carbocycles. The number of hydrogen-bond donors (Lipinski definition) is 3. The number of H-pyrrole nitrogens is 1. The highest BCUT2D eigenvalue weighted by atomic mass is 19.4. The van der Waals surface area contributed by atoms with Gasteiger partial charge in [-0.2, -0.15) is 28.6 Å². The van der Waals surface area contributed by atoms with E-state index in [2.05, 4.69) is 25.7 Å². The third-order valence-electron chi connectivity index (χ3n) is 4.09. The van der Waals surface area contributed by atoms with E-state index >= 15 is 0 Å². The zero-order valence-electron chi connectivity index (χ0n) is 14.7. The van der Waals surface area contributed by atoms with Gasteiger partial charge in [0.25, 0.3) is 0 Å². The van der Waals surface area contributed by atoms with Crippen LogP contribution in [-0.4, -0.2) is 43.5 Å². The molecule has 0 spiro atoms. The van der Waals surface area contributed by atoms with Crippen molar-refractivity contribution in [2.45, 2.75) is 6.18 Å². The Bertz CT molecular complexity index is 1150. The van der Waals surface area contributed by atoms with E-state index in [-0.39, 0.29) is 0 Å². The predicted molar refractivity (Wildman–Crippen MR) is 99.1 cm³/mol. The molecule has 148 valence electrons. The highest BCUT2D eigenvalue weighted by molar-refractivity contribution is 5.90. The van der Waals surface area contributed by atoms with Crippen LogP contribution in [0.2, 0.25) is 0 Å². The monoisotopic (exact) mass is 401 g/mol. The number of benzene rings is 1. The van der Waals surface area contributed by atoms with E-state index in [0.717, 1.165) is 16.8 Å². The van der Waals surface area contributed by atoms with E-state index in [0.29, 0.717) is 17.0 Å². The number of halogens is 3. The van der Waals surface area contributed by atoms with Crippen LogP contribution in [0, 0.1) is 0 Å². The first-order chi connectivity index (χ1) is 13.9. The normalized spacial score (nSPS) is 11.6. The number of amides is 2. The zero-order valence-corrected chi connectivity index (χ0v) is 14.7. The molecule has 0 saturated heterocycles. The molecule has 11 heteroatoms. The lowest BCUT2D eigenvalue weighted by Gasteiger charge is -2.10. The first-order valence-electron chi connectivity index (χ1n) is 8.44. The zero-order chi connectivity index (χ0) is 20.4. The molecule has 0 aliphatic carbocycles. The molecule has 0 bridgehead atoms. The third kappa shape index (κ3) is 4.18. The van der Waals surface area contributed by atoms with Crippen molar-refractivity contribution in [1.82, 2.24) is 30.1 Å². The Morgan fingerprint density at radius 3 is 2.76 bits per heavy atom. The van der Waals surface area contributed by atoms with Crippen molar-refractivity contribution in [3.63, 3.8) is 0 Å². The van der Waals surface area contributed by atoms with Gasteiger partial charge in [0.15, 0.2) is 0 Å². The first kappa shape index (κ1) is 18.5. The van der Waals surface area contributed by atoms with Gasteiger partial charge in [0, 0.05) is 23.0 Å². The second kappa shape index (κ2) is 7.26. The van der Waals surface area contributed by atoms with Crippen LogP contribution in [0.15, 0.2) is 55.0 Å². The quantitative estimate of drug-likeness (QED) is 0.488. The number of rotatable bonds is 4. The van der Waals surface area contributed by atoms with Gasteiger partial charge in [0.2, 0.25) is 0 Å². The summed E-state index contributed by atoms with van der Waals surface area (Å²) in [7, 11) is 0. The van der Waals surface area contributed by atoms with Crippen LogP contribution in [0.3, 0.4) is 0 Å². The molecule has 3 heterocycles. The minimum Gasteiger partial charge on any atom is -0.329 e. The molecular formula is C18H14F3N7O. The van der Waals surface area contributed by atoms with E-state index in [9.17, 15) is 18.0 Å². The lowest BCUT2D eigenvalue weighted by atomic mass is 10.1. The summed E-state index contributed by atoms with van der Waals surface area (Å²) in [6, 6.07) is 9.53. The average molecular weight is 401 g/mol. The molecule has 0 radical (unpaired) electrons. The topological polar surface area (TPSA) is 100 Å². The Balaban J connectivity index is 1.56. The van der Waals surface area contributed by atoms with Crippen LogP contribution >= 0.6 is 0 Å². The standard InChI is InChI=1S/C18H14F3N7O/c19-18(20,21)10-23-17(29)25-13-3-1-2-12(6-13)15-9-22-16-7-11(4-5-28(15)16)14-8-24-27-26-14/h1-9H,10H2,(H2,23,25,29)(H,24,26,27). The van der Waals surface area contributed by atoms with Crippen molar-refractivity contribution in [3.05, 3.63) is 55.0 Å². The van der Waals surface area contributed by atoms with Crippen LogP contribution in [0.1, 0.15) is 0 Å². The second-order valence-corrected chi connectivity index (χ2v) is 6.15. The minimum atomic E-state index is -4.47. The maximum absolute atomic E-state index is 12.2. The van der Waals surface area contributed by atoms with Crippen molar-refractivity contribution in [3.8, 4) is 22.5 Å². The molecule has 0 aliphatic heterocycles. The number of anilines is 1. The number of nitrogens with one attached hydrogen (secondary N) is 3. The van der Waals surface area contributed by atoms with E-state index in [1.807, 2.05) is 28.8 Å². The highest BCUT2D eigenvalue weighted by Crippen LogP contribution is 2.26. The SMILES string of the molecule is O=C(NCC(F)(F)F)Nc1cccc(-c2cnc3cc(-c4cn[nH]n4)ccn23)c1.